The molecule has 9 heteroatoms. The lowest BCUT2D eigenvalue weighted by Gasteiger charge is -2.13. The summed E-state index contributed by atoms with van der Waals surface area (Å²) in [6, 6.07) is 19.1. The van der Waals surface area contributed by atoms with Crippen LogP contribution in [-0.2, 0) is 12.6 Å². The van der Waals surface area contributed by atoms with Gasteiger partial charge < -0.3 is 10.3 Å². The Bertz CT molecular complexity index is 1410. The van der Waals surface area contributed by atoms with Crippen LogP contribution in [-0.4, -0.2) is 21.5 Å². The van der Waals surface area contributed by atoms with E-state index in [9.17, 15) is 23.2 Å². The van der Waals surface area contributed by atoms with Crippen molar-refractivity contribution < 1.29 is 13.2 Å². The molecular weight excluding hydrogens is 443 g/mol. The average Bonchev–Trinajstić information content (AvgIpc) is 2.84. The number of halogens is 3. The number of hydrogen-bond donors (Lipinski definition) is 2. The van der Waals surface area contributed by atoms with Crippen molar-refractivity contribution in [3.05, 3.63) is 100.0 Å². The summed E-state index contributed by atoms with van der Waals surface area (Å²) in [7, 11) is 0. The van der Waals surface area contributed by atoms with Gasteiger partial charge in [0.15, 0.2) is 0 Å². The summed E-state index contributed by atoms with van der Waals surface area (Å²) in [5.74, 6) is 0.313. The van der Waals surface area contributed by atoms with Gasteiger partial charge in [-0.1, -0.05) is 42.5 Å². The average molecular weight is 461 g/mol. The van der Waals surface area contributed by atoms with Crippen LogP contribution in [0.25, 0.3) is 22.5 Å². The number of pyridine rings is 1. The van der Waals surface area contributed by atoms with Gasteiger partial charge in [-0.05, 0) is 41.8 Å². The maximum absolute atomic E-state index is 13.3. The Balaban J connectivity index is 1.71. The van der Waals surface area contributed by atoms with Crippen LogP contribution >= 0.6 is 0 Å². The number of nitriles is 1. The molecule has 0 radical (unpaired) electrons. The van der Waals surface area contributed by atoms with Crippen molar-refractivity contribution >= 4 is 5.95 Å². The van der Waals surface area contributed by atoms with Crippen LogP contribution in [0.4, 0.5) is 19.1 Å². The van der Waals surface area contributed by atoms with Crippen molar-refractivity contribution in [1.82, 2.24) is 15.0 Å². The molecular formula is C25H18F3N5O. The van der Waals surface area contributed by atoms with Crippen LogP contribution in [0.2, 0.25) is 0 Å². The van der Waals surface area contributed by atoms with Gasteiger partial charge in [0.05, 0.1) is 17.0 Å². The Morgan fingerprint density at radius 1 is 1.03 bits per heavy atom. The van der Waals surface area contributed by atoms with E-state index in [1.807, 2.05) is 30.3 Å². The number of H-pyrrole nitrogens is 1. The molecule has 2 N–H and O–H groups in total. The lowest BCUT2D eigenvalue weighted by atomic mass is 10.00. The van der Waals surface area contributed by atoms with Gasteiger partial charge in [-0.25, -0.2) is 9.97 Å². The molecule has 34 heavy (non-hydrogen) atoms. The minimum Gasteiger partial charge on any atom is -0.354 e. The standard InChI is InChI=1S/C25H18F3N5O/c26-25(27,28)19-8-4-7-17(13-19)22-20(14-18(15-29)23(34)33-22)21-10-12-31-24(32-21)30-11-9-16-5-2-1-3-6-16/h1-8,10,12-14H,9,11H2,(H,33,34)(H,30,31,32). The second-order valence-corrected chi connectivity index (χ2v) is 7.42. The van der Waals surface area contributed by atoms with Crippen LogP contribution in [0.1, 0.15) is 16.7 Å². The topological polar surface area (TPSA) is 94.5 Å². The van der Waals surface area contributed by atoms with Crippen molar-refractivity contribution in [3.63, 3.8) is 0 Å². The summed E-state index contributed by atoms with van der Waals surface area (Å²) >= 11 is 0. The molecule has 6 nitrogen and oxygen atoms in total. The summed E-state index contributed by atoms with van der Waals surface area (Å²) in [6.07, 6.45) is -2.31. The number of aromatic amines is 1. The predicted octanol–water partition coefficient (Wildman–Crippen LogP) is 5.04. The van der Waals surface area contributed by atoms with E-state index in [4.69, 9.17) is 0 Å². The van der Waals surface area contributed by atoms with Crippen LogP contribution in [0, 0.1) is 11.3 Å². The van der Waals surface area contributed by atoms with E-state index in [0.717, 1.165) is 24.1 Å². The molecule has 2 aromatic heterocycles. The Kier molecular flexibility index (Phi) is 6.41. The van der Waals surface area contributed by atoms with Gasteiger partial charge in [0.25, 0.3) is 5.56 Å². The maximum atomic E-state index is 13.3. The summed E-state index contributed by atoms with van der Waals surface area (Å²) in [4.78, 5) is 23.5. The molecule has 0 saturated carbocycles. The van der Waals surface area contributed by atoms with Gasteiger partial charge in [-0.15, -0.1) is 0 Å². The molecule has 0 bridgehead atoms. The maximum Gasteiger partial charge on any atom is 0.416 e. The highest BCUT2D eigenvalue weighted by Gasteiger charge is 2.30. The van der Waals surface area contributed by atoms with Crippen LogP contribution in [0.5, 0.6) is 0 Å². The number of aromatic nitrogens is 3. The SMILES string of the molecule is N#Cc1cc(-c2ccnc(NCCc3ccccc3)n2)c(-c2cccc(C(F)(F)F)c2)[nH]c1=O. The Labute approximate surface area is 192 Å². The van der Waals surface area contributed by atoms with Gasteiger partial charge >= 0.3 is 6.18 Å². The third kappa shape index (κ3) is 5.13. The zero-order valence-electron chi connectivity index (χ0n) is 17.7. The first-order valence-corrected chi connectivity index (χ1v) is 10.3. The highest BCUT2D eigenvalue weighted by molar-refractivity contribution is 5.80. The fourth-order valence-electron chi connectivity index (χ4n) is 3.45. The lowest BCUT2D eigenvalue weighted by molar-refractivity contribution is -0.137. The number of nitrogens with zero attached hydrogens (tertiary/aromatic N) is 3. The molecule has 170 valence electrons. The number of hydrogen-bond acceptors (Lipinski definition) is 5. The van der Waals surface area contributed by atoms with E-state index in [1.165, 1.54) is 24.4 Å². The molecule has 4 aromatic rings. The number of alkyl halides is 3. The first kappa shape index (κ1) is 22.7. The highest BCUT2D eigenvalue weighted by atomic mass is 19.4. The normalized spacial score (nSPS) is 11.1. The molecule has 0 unspecified atom stereocenters. The molecule has 0 atom stereocenters. The van der Waals surface area contributed by atoms with Crippen molar-refractivity contribution in [2.75, 3.05) is 11.9 Å². The van der Waals surface area contributed by atoms with E-state index in [-0.39, 0.29) is 16.8 Å². The van der Waals surface area contributed by atoms with Crippen LogP contribution < -0.4 is 10.9 Å². The van der Waals surface area contributed by atoms with Gasteiger partial charge in [-0.3, -0.25) is 4.79 Å². The lowest BCUT2D eigenvalue weighted by Crippen LogP contribution is -2.13. The first-order valence-electron chi connectivity index (χ1n) is 10.3. The Morgan fingerprint density at radius 2 is 1.82 bits per heavy atom. The molecule has 0 aliphatic carbocycles. The van der Waals surface area contributed by atoms with E-state index >= 15 is 0 Å². The summed E-state index contributed by atoms with van der Waals surface area (Å²) in [5.41, 5.74) is 0.329. The van der Waals surface area contributed by atoms with Crippen molar-refractivity contribution in [1.29, 1.82) is 5.26 Å². The molecule has 2 aromatic carbocycles. The molecule has 0 spiro atoms. The van der Waals surface area contributed by atoms with Gasteiger partial charge in [0.1, 0.15) is 11.6 Å². The van der Waals surface area contributed by atoms with E-state index in [1.54, 1.807) is 12.1 Å². The fourth-order valence-corrected chi connectivity index (χ4v) is 3.45. The van der Waals surface area contributed by atoms with Crippen molar-refractivity contribution in [2.45, 2.75) is 12.6 Å². The molecule has 0 fully saturated rings. The van der Waals surface area contributed by atoms with Crippen molar-refractivity contribution in [2.24, 2.45) is 0 Å². The van der Waals surface area contributed by atoms with Gasteiger partial charge in [0, 0.05) is 18.3 Å². The molecule has 2 heterocycles. The molecule has 4 rings (SSSR count). The quantitative estimate of drug-likeness (QED) is 0.419. The highest BCUT2D eigenvalue weighted by Crippen LogP contribution is 2.34. The largest absolute Gasteiger partial charge is 0.416 e. The summed E-state index contributed by atoms with van der Waals surface area (Å²) < 4.78 is 39.8. The second-order valence-electron chi connectivity index (χ2n) is 7.42. The molecule has 0 aliphatic rings. The van der Waals surface area contributed by atoms with Crippen molar-refractivity contribution in [3.8, 4) is 28.6 Å². The molecule has 0 amide bonds. The zero-order chi connectivity index (χ0) is 24.1. The number of benzene rings is 2. The summed E-state index contributed by atoms with van der Waals surface area (Å²) in [6.45, 7) is 0.559. The Hall–Kier alpha value is -4.45. The summed E-state index contributed by atoms with van der Waals surface area (Å²) in [5, 5.41) is 12.4. The third-order valence-corrected chi connectivity index (χ3v) is 5.11. The minimum atomic E-state index is -4.55. The van der Waals surface area contributed by atoms with E-state index in [2.05, 4.69) is 20.3 Å². The van der Waals surface area contributed by atoms with E-state index < -0.39 is 17.3 Å². The monoisotopic (exact) mass is 461 g/mol. The minimum absolute atomic E-state index is 0.129. The van der Waals surface area contributed by atoms with Crippen LogP contribution in [0.15, 0.2) is 77.7 Å². The Morgan fingerprint density at radius 3 is 2.56 bits per heavy atom. The number of anilines is 1. The number of rotatable bonds is 6. The predicted molar refractivity (Wildman–Crippen MR) is 122 cm³/mol. The first-order chi connectivity index (χ1) is 16.3. The van der Waals surface area contributed by atoms with Crippen LogP contribution in [0.3, 0.4) is 0 Å². The number of nitrogens with one attached hydrogen (secondary N) is 2. The second kappa shape index (κ2) is 9.58. The smallest absolute Gasteiger partial charge is 0.354 e. The third-order valence-electron chi connectivity index (χ3n) is 5.11. The fraction of sp³-hybridized carbons (Fsp3) is 0.120. The van der Waals surface area contributed by atoms with Gasteiger partial charge in [-0.2, -0.15) is 18.4 Å². The molecule has 0 saturated heterocycles. The molecule has 0 aliphatic heterocycles. The van der Waals surface area contributed by atoms with E-state index in [0.29, 0.717) is 23.8 Å². The van der Waals surface area contributed by atoms with Gasteiger partial charge in [0.2, 0.25) is 5.95 Å². The zero-order valence-corrected chi connectivity index (χ0v) is 17.7.